The van der Waals surface area contributed by atoms with Gasteiger partial charge in [0, 0.05) is 33.7 Å². The minimum atomic E-state index is -1.05. The first-order valence-corrected chi connectivity index (χ1v) is 11.6. The van der Waals surface area contributed by atoms with Crippen LogP contribution in [0.25, 0.3) is 17.2 Å². The Labute approximate surface area is 188 Å². The molecule has 1 atom stereocenters. The molecule has 1 amide bonds. The molecule has 1 aliphatic rings. The summed E-state index contributed by atoms with van der Waals surface area (Å²) in [6.07, 6.45) is 3.70. The van der Waals surface area contributed by atoms with E-state index in [1.54, 1.807) is 24.5 Å². The molecule has 0 aliphatic heterocycles. The van der Waals surface area contributed by atoms with E-state index in [9.17, 15) is 18.5 Å². The summed E-state index contributed by atoms with van der Waals surface area (Å²) >= 11 is 0. The van der Waals surface area contributed by atoms with Crippen molar-refractivity contribution >= 4 is 39.6 Å². The van der Waals surface area contributed by atoms with Gasteiger partial charge in [-0.05, 0) is 82.8 Å². The minimum Gasteiger partial charge on any atom is -0.508 e. The number of nitrogens with one attached hydrogen (secondary N) is 1. The van der Waals surface area contributed by atoms with E-state index in [1.165, 1.54) is 24.3 Å². The smallest absolute Gasteiger partial charge is 0.228 e. The maximum Gasteiger partial charge on any atom is 0.228 e. The number of benzene rings is 3. The third-order valence-electron chi connectivity index (χ3n) is 5.44. The van der Waals surface area contributed by atoms with Crippen LogP contribution < -0.4 is 5.32 Å². The van der Waals surface area contributed by atoms with Crippen molar-refractivity contribution in [1.82, 2.24) is 0 Å². The van der Waals surface area contributed by atoms with Crippen LogP contribution in [0.4, 0.5) is 10.1 Å². The fourth-order valence-electron chi connectivity index (χ4n) is 3.85. The Bertz CT molecular complexity index is 1290. The van der Waals surface area contributed by atoms with Gasteiger partial charge < -0.3 is 10.4 Å². The molecule has 0 unspecified atom stereocenters. The molecule has 6 heteroatoms. The number of carbonyl (C=O) groups excluding carboxylic acids is 1. The summed E-state index contributed by atoms with van der Waals surface area (Å²) < 4.78 is 25.7. The molecule has 0 saturated heterocycles. The van der Waals surface area contributed by atoms with E-state index in [-0.39, 0.29) is 23.9 Å². The molecular weight excluding hydrogens is 425 g/mol. The Balaban J connectivity index is 1.68. The highest BCUT2D eigenvalue weighted by Gasteiger charge is 2.25. The van der Waals surface area contributed by atoms with E-state index in [4.69, 9.17) is 0 Å². The Morgan fingerprint density at radius 2 is 1.81 bits per heavy atom. The van der Waals surface area contributed by atoms with E-state index in [1.807, 2.05) is 37.3 Å². The highest BCUT2D eigenvalue weighted by molar-refractivity contribution is 7.84. The van der Waals surface area contributed by atoms with Crippen LogP contribution in [0.3, 0.4) is 0 Å². The lowest BCUT2D eigenvalue weighted by Gasteiger charge is -2.08. The van der Waals surface area contributed by atoms with Crippen molar-refractivity contribution in [2.45, 2.75) is 18.2 Å². The number of phenolic OH excluding ortho intramolecular Hbond substituents is 1. The Kier molecular flexibility index (Phi) is 6.06. The van der Waals surface area contributed by atoms with Crippen molar-refractivity contribution in [3.05, 3.63) is 94.8 Å². The van der Waals surface area contributed by atoms with E-state index in [0.717, 1.165) is 32.7 Å². The first kappa shape index (κ1) is 21.7. The summed E-state index contributed by atoms with van der Waals surface area (Å²) in [5.74, 6) is -0.552. The molecule has 2 N–H and O–H groups in total. The van der Waals surface area contributed by atoms with Gasteiger partial charge in [0.1, 0.15) is 11.6 Å². The second-order valence-electron chi connectivity index (χ2n) is 7.65. The van der Waals surface area contributed by atoms with Gasteiger partial charge >= 0.3 is 0 Å². The van der Waals surface area contributed by atoms with Crippen LogP contribution >= 0.6 is 0 Å². The SMILES string of the molecule is CC1=C(CC(=O)Nc2cccc(O)c2)c2cc(F)ccc2/C1=C/c1ccc([S@@](C)=O)cc1. The third-order valence-corrected chi connectivity index (χ3v) is 6.38. The van der Waals surface area contributed by atoms with E-state index >= 15 is 0 Å². The standard InChI is InChI=1S/C26H22FNO3S/c1-16-23(12-17-6-9-21(10-7-17)32(2)31)22-11-8-18(27)13-25(22)24(16)15-26(30)28-19-4-3-5-20(29)14-19/h3-14,29H,15H2,1-2H3,(H,28,30)/b23-12+/t32-/m1/s1. The van der Waals surface area contributed by atoms with Crippen molar-refractivity contribution in [3.63, 3.8) is 0 Å². The third kappa shape index (κ3) is 4.55. The fourth-order valence-corrected chi connectivity index (χ4v) is 4.37. The molecule has 0 aromatic heterocycles. The molecule has 32 heavy (non-hydrogen) atoms. The van der Waals surface area contributed by atoms with Gasteiger partial charge in [-0.2, -0.15) is 0 Å². The molecule has 0 bridgehead atoms. The monoisotopic (exact) mass is 447 g/mol. The largest absolute Gasteiger partial charge is 0.508 e. The maximum atomic E-state index is 14.1. The number of anilines is 1. The predicted molar refractivity (Wildman–Crippen MR) is 127 cm³/mol. The number of aromatic hydroxyl groups is 1. The van der Waals surface area contributed by atoms with Gasteiger partial charge in [0.2, 0.25) is 5.91 Å². The molecule has 0 spiro atoms. The Morgan fingerprint density at radius 1 is 1.06 bits per heavy atom. The van der Waals surface area contributed by atoms with Gasteiger partial charge in [0.15, 0.2) is 0 Å². The first-order chi connectivity index (χ1) is 15.3. The summed E-state index contributed by atoms with van der Waals surface area (Å²) in [4.78, 5) is 13.5. The fraction of sp³-hybridized carbons (Fsp3) is 0.115. The summed E-state index contributed by atoms with van der Waals surface area (Å²) in [7, 11) is -1.05. The van der Waals surface area contributed by atoms with Gasteiger partial charge in [-0.1, -0.05) is 24.3 Å². The first-order valence-electron chi connectivity index (χ1n) is 10.1. The summed E-state index contributed by atoms with van der Waals surface area (Å²) in [6, 6.07) is 18.4. The lowest BCUT2D eigenvalue weighted by atomic mass is 10.0. The van der Waals surface area contributed by atoms with Gasteiger partial charge in [-0.25, -0.2) is 4.39 Å². The van der Waals surface area contributed by atoms with Crippen LogP contribution in [-0.4, -0.2) is 21.5 Å². The lowest BCUT2D eigenvalue weighted by molar-refractivity contribution is -0.115. The number of carbonyl (C=O) groups is 1. The van der Waals surface area contributed by atoms with Crippen LogP contribution in [0.15, 0.2) is 77.2 Å². The molecule has 3 aromatic carbocycles. The molecule has 3 aromatic rings. The van der Waals surface area contributed by atoms with Crippen LogP contribution in [0.5, 0.6) is 5.75 Å². The van der Waals surface area contributed by atoms with Crippen molar-refractivity contribution in [2.24, 2.45) is 0 Å². The summed E-state index contributed by atoms with van der Waals surface area (Å²) in [5, 5.41) is 12.4. The molecule has 0 saturated carbocycles. The highest BCUT2D eigenvalue weighted by Crippen LogP contribution is 2.44. The zero-order valence-corrected chi connectivity index (χ0v) is 18.5. The van der Waals surface area contributed by atoms with Gasteiger partial charge in [-0.15, -0.1) is 0 Å². The molecule has 0 fully saturated rings. The van der Waals surface area contributed by atoms with Gasteiger partial charge in [0.05, 0.1) is 6.42 Å². The molecular formula is C26H22FNO3S. The molecule has 162 valence electrons. The predicted octanol–water partition coefficient (Wildman–Crippen LogP) is 5.63. The van der Waals surface area contributed by atoms with E-state index in [2.05, 4.69) is 5.32 Å². The number of halogens is 1. The summed E-state index contributed by atoms with van der Waals surface area (Å²) in [5.41, 5.74) is 5.57. The number of phenols is 1. The van der Waals surface area contributed by atoms with Crippen LogP contribution in [0.1, 0.15) is 30.0 Å². The van der Waals surface area contributed by atoms with Gasteiger partial charge in [0.25, 0.3) is 0 Å². The number of amides is 1. The van der Waals surface area contributed by atoms with Crippen LogP contribution in [0, 0.1) is 5.82 Å². The number of fused-ring (bicyclic) bond motifs is 1. The molecule has 4 nitrogen and oxygen atoms in total. The second kappa shape index (κ2) is 8.93. The van der Waals surface area contributed by atoms with Crippen molar-refractivity contribution in [3.8, 4) is 5.75 Å². The molecule has 1 aliphatic carbocycles. The number of hydrogen-bond donors (Lipinski definition) is 2. The average Bonchev–Trinajstić information content (AvgIpc) is 2.99. The highest BCUT2D eigenvalue weighted by atomic mass is 32.2. The number of allylic oxidation sites excluding steroid dienone is 2. The Morgan fingerprint density at radius 3 is 2.50 bits per heavy atom. The minimum absolute atomic E-state index is 0.0645. The number of rotatable bonds is 5. The molecule has 0 heterocycles. The number of hydrogen-bond acceptors (Lipinski definition) is 3. The van der Waals surface area contributed by atoms with E-state index < -0.39 is 10.8 Å². The second-order valence-corrected chi connectivity index (χ2v) is 9.03. The van der Waals surface area contributed by atoms with Crippen LogP contribution in [0.2, 0.25) is 0 Å². The quantitative estimate of drug-likeness (QED) is 0.533. The zero-order valence-electron chi connectivity index (χ0n) is 17.7. The van der Waals surface area contributed by atoms with Crippen molar-refractivity contribution in [1.29, 1.82) is 0 Å². The maximum absolute atomic E-state index is 14.1. The zero-order chi connectivity index (χ0) is 22.8. The van der Waals surface area contributed by atoms with Crippen LogP contribution in [-0.2, 0) is 15.6 Å². The summed E-state index contributed by atoms with van der Waals surface area (Å²) in [6.45, 7) is 1.93. The molecule has 4 rings (SSSR count). The van der Waals surface area contributed by atoms with Gasteiger partial charge in [-0.3, -0.25) is 9.00 Å². The topological polar surface area (TPSA) is 66.4 Å². The molecule has 0 radical (unpaired) electrons. The van der Waals surface area contributed by atoms with Crippen molar-refractivity contribution in [2.75, 3.05) is 11.6 Å². The average molecular weight is 448 g/mol. The lowest BCUT2D eigenvalue weighted by Crippen LogP contribution is -2.12. The van der Waals surface area contributed by atoms with Crippen molar-refractivity contribution < 1.29 is 18.5 Å². The normalized spacial score (nSPS) is 15.0. The van der Waals surface area contributed by atoms with E-state index in [0.29, 0.717) is 11.3 Å². The Hall–Kier alpha value is -3.51.